The van der Waals surface area contributed by atoms with Gasteiger partial charge in [-0.15, -0.1) is 5.10 Å². The minimum atomic E-state index is -0.260. The summed E-state index contributed by atoms with van der Waals surface area (Å²) in [7, 11) is 0. The smallest absolute Gasteiger partial charge is 0.338 e. The van der Waals surface area contributed by atoms with Crippen molar-refractivity contribution in [3.8, 4) is 11.3 Å². The van der Waals surface area contributed by atoms with Crippen LogP contribution in [0.25, 0.3) is 11.3 Å². The summed E-state index contributed by atoms with van der Waals surface area (Å²) in [6, 6.07) is 9.55. The largest absolute Gasteiger partial charge is 0.343 e. The average Bonchev–Trinajstić information content (AvgIpc) is 3.26. The molecule has 0 aliphatic carbocycles. The van der Waals surface area contributed by atoms with E-state index in [1.54, 1.807) is 10.6 Å². The summed E-state index contributed by atoms with van der Waals surface area (Å²) in [5.41, 5.74) is 2.46. The number of carbonyl (C=O) groups is 1. The molecule has 0 aliphatic rings. The van der Waals surface area contributed by atoms with Gasteiger partial charge in [0.05, 0.1) is 5.75 Å². The number of unbranched alkanes of at least 4 members (excludes halogenated alkanes) is 1. The zero-order chi connectivity index (χ0) is 19.2. The Bertz CT molecular complexity index is 958. The molecular formula is C18H21N5O3S. The second-order valence-electron chi connectivity index (χ2n) is 6.10. The van der Waals surface area contributed by atoms with Gasteiger partial charge in [-0.25, -0.2) is 9.89 Å². The Morgan fingerprint density at radius 2 is 2.11 bits per heavy atom. The number of nitrogens with zero attached hydrogens (tertiary/aromatic N) is 3. The van der Waals surface area contributed by atoms with E-state index in [1.807, 2.05) is 38.1 Å². The highest BCUT2D eigenvalue weighted by atomic mass is 32.2. The number of H-pyrrole nitrogens is 1. The third kappa shape index (κ3) is 4.88. The number of aryl methyl sites for hydroxylation is 1. The van der Waals surface area contributed by atoms with E-state index in [4.69, 9.17) is 4.52 Å². The number of hydrogen-bond acceptors (Lipinski definition) is 6. The lowest BCUT2D eigenvalue weighted by Crippen LogP contribution is -2.18. The van der Waals surface area contributed by atoms with Gasteiger partial charge in [-0.3, -0.25) is 14.7 Å². The second kappa shape index (κ2) is 8.72. The van der Waals surface area contributed by atoms with Gasteiger partial charge < -0.3 is 4.52 Å². The molecule has 8 nitrogen and oxygen atoms in total. The maximum atomic E-state index is 12.2. The number of amides is 1. The normalized spacial score (nSPS) is 10.9. The number of hydrogen-bond donors (Lipinski definition) is 2. The van der Waals surface area contributed by atoms with E-state index >= 15 is 0 Å². The third-order valence-electron chi connectivity index (χ3n) is 3.91. The minimum absolute atomic E-state index is 0.108. The zero-order valence-corrected chi connectivity index (χ0v) is 16.0. The Morgan fingerprint density at radius 1 is 1.33 bits per heavy atom. The Hall–Kier alpha value is -2.81. The second-order valence-corrected chi connectivity index (χ2v) is 7.04. The number of aromatic nitrogens is 4. The molecular weight excluding hydrogens is 366 g/mol. The van der Waals surface area contributed by atoms with Crippen LogP contribution in [-0.4, -0.2) is 31.6 Å². The lowest BCUT2D eigenvalue weighted by atomic mass is 10.1. The molecule has 0 bridgehead atoms. The molecule has 0 saturated carbocycles. The van der Waals surface area contributed by atoms with Crippen molar-refractivity contribution < 1.29 is 9.32 Å². The zero-order valence-electron chi connectivity index (χ0n) is 15.2. The van der Waals surface area contributed by atoms with Crippen molar-refractivity contribution in [1.82, 2.24) is 19.9 Å². The summed E-state index contributed by atoms with van der Waals surface area (Å²) in [6.45, 7) is 4.64. The Kier molecular flexibility index (Phi) is 6.12. The molecule has 3 aromatic rings. The van der Waals surface area contributed by atoms with E-state index in [-0.39, 0.29) is 23.2 Å². The Balaban J connectivity index is 1.57. The van der Waals surface area contributed by atoms with Crippen molar-refractivity contribution >= 4 is 23.6 Å². The molecule has 0 unspecified atom stereocenters. The highest BCUT2D eigenvalue weighted by Gasteiger charge is 2.13. The van der Waals surface area contributed by atoms with Crippen molar-refractivity contribution in [2.24, 2.45) is 0 Å². The first kappa shape index (κ1) is 19.0. The predicted octanol–water partition coefficient (Wildman–Crippen LogP) is 3.07. The van der Waals surface area contributed by atoms with Crippen molar-refractivity contribution in [2.45, 2.75) is 38.4 Å². The molecule has 2 N–H and O–H groups in total. The molecule has 0 spiro atoms. The van der Waals surface area contributed by atoms with Gasteiger partial charge in [-0.2, -0.15) is 0 Å². The van der Waals surface area contributed by atoms with E-state index < -0.39 is 0 Å². The molecule has 0 saturated heterocycles. The Labute approximate surface area is 160 Å². The van der Waals surface area contributed by atoms with Crippen molar-refractivity contribution in [3.63, 3.8) is 0 Å². The van der Waals surface area contributed by atoms with Crippen molar-refractivity contribution in [1.29, 1.82) is 0 Å². The van der Waals surface area contributed by atoms with Crippen molar-refractivity contribution in [2.75, 3.05) is 11.1 Å². The fourth-order valence-electron chi connectivity index (χ4n) is 2.42. The van der Waals surface area contributed by atoms with E-state index in [1.165, 1.54) is 11.8 Å². The standard InChI is InChI=1S/C18H21N5O3S/c1-3-4-9-23-17(25)20-21-18(23)27-11-15(24)19-16-10-14(22-26-16)13-7-5-12(2)6-8-13/h5-8,10H,3-4,9,11H2,1-2H3,(H,19,24)(H,20,25). The van der Waals surface area contributed by atoms with Gasteiger partial charge in [-0.05, 0) is 13.3 Å². The molecule has 9 heteroatoms. The van der Waals surface area contributed by atoms with Crippen LogP contribution in [0.5, 0.6) is 0 Å². The van der Waals surface area contributed by atoms with E-state index in [2.05, 4.69) is 20.7 Å². The number of carbonyl (C=O) groups excluding carboxylic acids is 1. The van der Waals surface area contributed by atoms with Crippen LogP contribution in [0.1, 0.15) is 25.3 Å². The topological polar surface area (TPSA) is 106 Å². The minimum Gasteiger partial charge on any atom is -0.338 e. The number of benzene rings is 1. The molecule has 2 aromatic heterocycles. The van der Waals surface area contributed by atoms with Gasteiger partial charge in [0.15, 0.2) is 5.16 Å². The fourth-order valence-corrected chi connectivity index (χ4v) is 3.20. The maximum Gasteiger partial charge on any atom is 0.343 e. The molecule has 0 atom stereocenters. The lowest BCUT2D eigenvalue weighted by Gasteiger charge is -2.04. The molecule has 1 aromatic carbocycles. The number of aromatic amines is 1. The summed E-state index contributed by atoms with van der Waals surface area (Å²) in [5.74, 6) is 0.127. The monoisotopic (exact) mass is 387 g/mol. The first-order chi connectivity index (χ1) is 13.1. The number of rotatable bonds is 8. The summed E-state index contributed by atoms with van der Waals surface area (Å²) in [4.78, 5) is 23.9. The van der Waals surface area contributed by atoms with Gasteiger partial charge in [0.1, 0.15) is 5.69 Å². The van der Waals surface area contributed by atoms with Crippen molar-refractivity contribution in [3.05, 3.63) is 46.4 Å². The van der Waals surface area contributed by atoms with E-state index in [0.29, 0.717) is 17.4 Å². The van der Waals surface area contributed by atoms with Crippen LogP contribution in [0.3, 0.4) is 0 Å². The van der Waals surface area contributed by atoms with Crippen LogP contribution in [0, 0.1) is 6.92 Å². The highest BCUT2D eigenvalue weighted by molar-refractivity contribution is 7.99. The quantitative estimate of drug-likeness (QED) is 0.576. The van der Waals surface area contributed by atoms with Crippen LogP contribution in [0.2, 0.25) is 0 Å². The fraction of sp³-hybridized carbons (Fsp3) is 0.333. The molecule has 2 heterocycles. The van der Waals surface area contributed by atoms with Crippen LogP contribution >= 0.6 is 11.8 Å². The molecule has 3 rings (SSSR count). The molecule has 0 fully saturated rings. The highest BCUT2D eigenvalue weighted by Crippen LogP contribution is 2.22. The summed E-state index contributed by atoms with van der Waals surface area (Å²) < 4.78 is 6.73. The van der Waals surface area contributed by atoms with Gasteiger partial charge in [0, 0.05) is 18.2 Å². The molecule has 142 valence electrons. The van der Waals surface area contributed by atoms with E-state index in [9.17, 15) is 9.59 Å². The predicted molar refractivity (Wildman–Crippen MR) is 104 cm³/mol. The number of nitrogens with one attached hydrogen (secondary N) is 2. The van der Waals surface area contributed by atoms with Gasteiger partial charge in [0.2, 0.25) is 11.8 Å². The lowest BCUT2D eigenvalue weighted by molar-refractivity contribution is -0.113. The Morgan fingerprint density at radius 3 is 2.85 bits per heavy atom. The number of anilines is 1. The van der Waals surface area contributed by atoms with Gasteiger partial charge >= 0.3 is 5.69 Å². The van der Waals surface area contributed by atoms with Gasteiger partial charge in [-0.1, -0.05) is 60.1 Å². The molecule has 0 radical (unpaired) electrons. The van der Waals surface area contributed by atoms with Crippen LogP contribution in [0.4, 0.5) is 5.88 Å². The van der Waals surface area contributed by atoms with Crippen LogP contribution < -0.4 is 11.0 Å². The summed E-state index contributed by atoms with van der Waals surface area (Å²) in [6.07, 6.45) is 1.84. The number of thioether (sulfide) groups is 1. The SMILES string of the molecule is CCCCn1c(SCC(=O)Nc2cc(-c3ccc(C)cc3)no2)n[nH]c1=O. The summed E-state index contributed by atoms with van der Waals surface area (Å²) >= 11 is 1.20. The van der Waals surface area contributed by atoms with Crippen LogP contribution in [-0.2, 0) is 11.3 Å². The van der Waals surface area contributed by atoms with E-state index in [0.717, 1.165) is 24.0 Å². The summed E-state index contributed by atoms with van der Waals surface area (Å²) in [5, 5.41) is 13.5. The van der Waals surface area contributed by atoms with Crippen LogP contribution in [0.15, 0.2) is 44.8 Å². The molecule has 0 aliphatic heterocycles. The molecule has 27 heavy (non-hydrogen) atoms. The maximum absolute atomic E-state index is 12.2. The molecule has 1 amide bonds. The van der Waals surface area contributed by atoms with Gasteiger partial charge in [0.25, 0.3) is 0 Å². The average molecular weight is 387 g/mol. The third-order valence-corrected chi connectivity index (χ3v) is 4.89. The first-order valence-corrected chi connectivity index (χ1v) is 9.67. The first-order valence-electron chi connectivity index (χ1n) is 8.68.